The van der Waals surface area contributed by atoms with Crippen molar-refractivity contribution in [2.24, 2.45) is 11.8 Å². The third-order valence-electron chi connectivity index (χ3n) is 1.06. The maximum atomic E-state index is 10.0. The van der Waals surface area contributed by atoms with E-state index in [0.717, 1.165) is 0 Å². The van der Waals surface area contributed by atoms with Gasteiger partial charge in [0.15, 0.2) is 0 Å². The van der Waals surface area contributed by atoms with E-state index in [9.17, 15) is 9.90 Å². The van der Waals surface area contributed by atoms with Gasteiger partial charge in [-0.15, -0.1) is 0 Å². The summed E-state index contributed by atoms with van der Waals surface area (Å²) in [6, 6.07) is 1.64. The Bertz CT molecular complexity index is 146. The van der Waals surface area contributed by atoms with Gasteiger partial charge in [0.2, 0.25) is 0 Å². The number of rotatable bonds is 2. The molecule has 50 valence electrons. The Hall–Kier alpha value is -1.04. The molecule has 0 saturated heterocycles. The average molecular weight is 126 g/mol. The molecule has 1 atom stereocenters. The number of carbonyl (C=O) groups excluding carboxylic acids is 1. The first kappa shape index (κ1) is 7.96. The lowest BCUT2D eigenvalue weighted by atomic mass is 9.98. The molecule has 0 aromatic heterocycles. The van der Waals surface area contributed by atoms with Crippen LogP contribution in [0.4, 0.5) is 0 Å². The summed E-state index contributed by atoms with van der Waals surface area (Å²) >= 11 is 0. The summed E-state index contributed by atoms with van der Waals surface area (Å²) in [5.74, 6) is -2.42. The fraction of sp³-hybridized carbons (Fsp3) is 0.667. The summed E-state index contributed by atoms with van der Waals surface area (Å²) in [4.78, 5) is 10.0. The molecule has 3 nitrogen and oxygen atoms in total. The van der Waals surface area contributed by atoms with E-state index in [1.165, 1.54) is 0 Å². The maximum absolute atomic E-state index is 10.0. The maximum Gasteiger partial charge on any atom is 0.0880 e. The van der Waals surface area contributed by atoms with Crippen LogP contribution in [0.15, 0.2) is 0 Å². The molecule has 0 aliphatic rings. The molecule has 3 heteroatoms. The highest BCUT2D eigenvalue weighted by atomic mass is 16.4. The van der Waals surface area contributed by atoms with Crippen molar-refractivity contribution < 1.29 is 9.90 Å². The van der Waals surface area contributed by atoms with E-state index in [1.54, 1.807) is 19.9 Å². The van der Waals surface area contributed by atoms with Crippen molar-refractivity contribution in [3.63, 3.8) is 0 Å². The van der Waals surface area contributed by atoms with Gasteiger partial charge in [-0.1, -0.05) is 13.8 Å². The number of nitrogens with zero attached hydrogens (tertiary/aromatic N) is 1. The van der Waals surface area contributed by atoms with Crippen LogP contribution in [-0.2, 0) is 4.79 Å². The monoisotopic (exact) mass is 126 g/mol. The molecule has 0 amide bonds. The Balaban J connectivity index is 4.04. The standard InChI is InChI=1S/C6H9NO2/c1-4(2)5(3-7)6(8)9/h4-5H,1-2H3,(H,8,9)/p-1. The van der Waals surface area contributed by atoms with Crippen LogP contribution < -0.4 is 5.11 Å². The van der Waals surface area contributed by atoms with Crippen molar-refractivity contribution in [1.29, 1.82) is 5.26 Å². The van der Waals surface area contributed by atoms with E-state index in [2.05, 4.69) is 0 Å². The predicted octanol–water partition coefficient (Wildman–Crippen LogP) is -0.468. The Kier molecular flexibility index (Phi) is 2.72. The summed E-state index contributed by atoms with van der Waals surface area (Å²) in [5, 5.41) is 18.2. The molecule has 0 aromatic rings. The molecule has 0 spiro atoms. The topological polar surface area (TPSA) is 63.9 Å². The molecule has 9 heavy (non-hydrogen) atoms. The molecule has 0 fully saturated rings. The van der Waals surface area contributed by atoms with Gasteiger partial charge in [-0.3, -0.25) is 0 Å². The van der Waals surface area contributed by atoms with Crippen molar-refractivity contribution in [2.45, 2.75) is 13.8 Å². The summed E-state index contributed by atoms with van der Waals surface area (Å²) < 4.78 is 0. The van der Waals surface area contributed by atoms with Crippen LogP contribution in [0.5, 0.6) is 0 Å². The van der Waals surface area contributed by atoms with E-state index in [0.29, 0.717) is 0 Å². The van der Waals surface area contributed by atoms with E-state index in [-0.39, 0.29) is 5.92 Å². The Morgan fingerprint density at radius 3 is 2.11 bits per heavy atom. The van der Waals surface area contributed by atoms with Crippen LogP contribution >= 0.6 is 0 Å². The minimum absolute atomic E-state index is 0.167. The van der Waals surface area contributed by atoms with Crippen molar-refractivity contribution in [3.05, 3.63) is 0 Å². The number of hydrogen-bond acceptors (Lipinski definition) is 3. The minimum atomic E-state index is -1.28. The van der Waals surface area contributed by atoms with Gasteiger partial charge >= 0.3 is 0 Å². The highest BCUT2D eigenvalue weighted by Crippen LogP contribution is 2.06. The van der Waals surface area contributed by atoms with Crippen molar-refractivity contribution >= 4 is 5.97 Å². The highest BCUT2D eigenvalue weighted by Gasteiger charge is 2.11. The molecule has 0 saturated carbocycles. The van der Waals surface area contributed by atoms with Gasteiger partial charge in [-0.05, 0) is 5.92 Å². The first-order chi connectivity index (χ1) is 4.09. The highest BCUT2D eigenvalue weighted by molar-refractivity contribution is 5.70. The van der Waals surface area contributed by atoms with Crippen LogP contribution in [0.25, 0.3) is 0 Å². The number of carboxylic acids is 1. The van der Waals surface area contributed by atoms with Gasteiger partial charge in [-0.2, -0.15) is 5.26 Å². The van der Waals surface area contributed by atoms with E-state index in [4.69, 9.17) is 5.26 Å². The van der Waals surface area contributed by atoms with Crippen LogP contribution in [0.1, 0.15) is 13.8 Å². The molecule has 1 unspecified atom stereocenters. The zero-order chi connectivity index (χ0) is 7.44. The van der Waals surface area contributed by atoms with Crippen molar-refractivity contribution in [2.75, 3.05) is 0 Å². The van der Waals surface area contributed by atoms with Gasteiger partial charge in [0.1, 0.15) is 0 Å². The first-order valence-corrected chi connectivity index (χ1v) is 2.70. The largest absolute Gasteiger partial charge is 0.549 e. The summed E-state index contributed by atoms with van der Waals surface area (Å²) in [6.45, 7) is 3.34. The summed E-state index contributed by atoms with van der Waals surface area (Å²) in [6.07, 6.45) is 0. The number of aliphatic carboxylic acids is 1. The van der Waals surface area contributed by atoms with Gasteiger partial charge in [0.25, 0.3) is 0 Å². The molecule has 0 bridgehead atoms. The number of nitriles is 1. The van der Waals surface area contributed by atoms with Crippen molar-refractivity contribution in [1.82, 2.24) is 0 Å². The molecular formula is C6H8NO2-. The fourth-order valence-corrected chi connectivity index (χ4v) is 0.474. The molecule has 0 N–H and O–H groups in total. The fourth-order valence-electron chi connectivity index (χ4n) is 0.474. The van der Waals surface area contributed by atoms with Crippen LogP contribution in [0.2, 0.25) is 0 Å². The summed E-state index contributed by atoms with van der Waals surface area (Å²) in [5.41, 5.74) is 0. The van der Waals surface area contributed by atoms with Gasteiger partial charge < -0.3 is 9.90 Å². The normalized spacial score (nSPS) is 12.7. The molecule has 0 radical (unpaired) electrons. The Morgan fingerprint density at radius 2 is 2.11 bits per heavy atom. The second-order valence-corrected chi connectivity index (χ2v) is 2.17. The molecule has 0 aliphatic carbocycles. The van der Waals surface area contributed by atoms with Gasteiger partial charge in [0.05, 0.1) is 18.0 Å². The second-order valence-electron chi connectivity index (χ2n) is 2.17. The third kappa shape index (κ3) is 2.13. The van der Waals surface area contributed by atoms with Gasteiger partial charge in [0, 0.05) is 0 Å². The lowest BCUT2D eigenvalue weighted by Crippen LogP contribution is -2.33. The predicted molar refractivity (Wildman–Crippen MR) is 28.9 cm³/mol. The van der Waals surface area contributed by atoms with E-state index in [1.807, 2.05) is 0 Å². The van der Waals surface area contributed by atoms with Gasteiger partial charge in [-0.25, -0.2) is 0 Å². The number of carbonyl (C=O) groups is 1. The zero-order valence-corrected chi connectivity index (χ0v) is 5.42. The third-order valence-corrected chi connectivity index (χ3v) is 1.06. The average Bonchev–Trinajstić information content (AvgIpc) is 1.64. The summed E-state index contributed by atoms with van der Waals surface area (Å²) in [7, 11) is 0. The van der Waals surface area contributed by atoms with Crippen LogP contribution in [-0.4, -0.2) is 5.97 Å². The number of carboxylic acid groups (broad SMARTS) is 1. The lowest BCUT2D eigenvalue weighted by molar-refractivity contribution is -0.310. The van der Waals surface area contributed by atoms with Crippen LogP contribution in [0.3, 0.4) is 0 Å². The Labute approximate surface area is 53.9 Å². The minimum Gasteiger partial charge on any atom is -0.549 e. The smallest absolute Gasteiger partial charge is 0.0880 e. The van der Waals surface area contributed by atoms with Crippen molar-refractivity contribution in [3.8, 4) is 6.07 Å². The molecular weight excluding hydrogens is 118 g/mol. The first-order valence-electron chi connectivity index (χ1n) is 2.70. The lowest BCUT2D eigenvalue weighted by Gasteiger charge is -2.12. The van der Waals surface area contributed by atoms with E-state index >= 15 is 0 Å². The molecule has 0 rings (SSSR count). The SMILES string of the molecule is CC(C)C(C#N)C(=O)[O-]. The second kappa shape index (κ2) is 3.08. The van der Waals surface area contributed by atoms with Crippen LogP contribution in [0, 0.1) is 23.2 Å². The molecule has 0 aromatic carbocycles. The zero-order valence-electron chi connectivity index (χ0n) is 5.42. The molecule has 0 heterocycles. The molecule has 0 aliphatic heterocycles. The Morgan fingerprint density at radius 1 is 1.67 bits per heavy atom. The number of hydrogen-bond donors (Lipinski definition) is 0. The quantitative estimate of drug-likeness (QED) is 0.502. The van der Waals surface area contributed by atoms with E-state index < -0.39 is 11.9 Å².